The van der Waals surface area contributed by atoms with E-state index in [1.165, 1.54) is 11.6 Å². The molecule has 1 N–H and O–H groups in total. The second-order valence-electron chi connectivity index (χ2n) is 2.41. The lowest BCUT2D eigenvalue weighted by molar-refractivity contribution is 0.603. The Morgan fingerprint density at radius 1 is 1.40 bits per heavy atom. The summed E-state index contributed by atoms with van der Waals surface area (Å²) in [5.41, 5.74) is 1.46. The molecule has 0 atom stereocenters. The van der Waals surface area contributed by atoms with Crippen LogP contribution in [0.15, 0.2) is 25.6 Å². The summed E-state index contributed by atoms with van der Waals surface area (Å²) in [5, 5.41) is 7.41. The Morgan fingerprint density at radius 3 is 2.73 bits per heavy atom. The minimum Gasteiger partial charge on any atom is -0.253 e. The van der Waals surface area contributed by atoms with E-state index in [1.807, 2.05) is 0 Å². The molecule has 2 aromatic heterocycles. The van der Waals surface area contributed by atoms with Crippen molar-refractivity contribution in [2.75, 3.05) is 4.72 Å². The van der Waals surface area contributed by atoms with Crippen molar-refractivity contribution in [2.24, 2.45) is 0 Å². The monoisotopic (exact) mass is 325 g/mol. The zero-order valence-electron chi connectivity index (χ0n) is 7.05. The molecule has 0 amide bonds. The number of rotatable bonds is 3. The Labute approximate surface area is 102 Å². The first-order valence-corrected chi connectivity index (χ1v) is 7.59. The summed E-state index contributed by atoms with van der Waals surface area (Å²) in [4.78, 5) is 0. The molecule has 0 aliphatic carbocycles. The number of aromatic nitrogens is 2. The summed E-state index contributed by atoms with van der Waals surface area (Å²) in [7, 11) is -3.52. The van der Waals surface area contributed by atoms with Gasteiger partial charge in [0.05, 0.1) is 3.79 Å². The molecular formula is C6H4BrN3O2S3. The van der Waals surface area contributed by atoms with Gasteiger partial charge in [0.1, 0.15) is 9.72 Å². The van der Waals surface area contributed by atoms with Gasteiger partial charge in [0.25, 0.3) is 10.0 Å². The van der Waals surface area contributed by atoms with E-state index in [2.05, 4.69) is 30.8 Å². The molecule has 0 saturated carbocycles. The zero-order chi connectivity index (χ0) is 10.9. The molecule has 0 unspecified atom stereocenters. The topological polar surface area (TPSA) is 72.0 Å². The zero-order valence-corrected chi connectivity index (χ0v) is 11.1. The van der Waals surface area contributed by atoms with Crippen molar-refractivity contribution in [2.45, 2.75) is 4.21 Å². The van der Waals surface area contributed by atoms with Gasteiger partial charge in [-0.2, -0.15) is 0 Å². The fourth-order valence-electron chi connectivity index (χ4n) is 0.825. The second kappa shape index (κ2) is 4.16. The molecule has 0 fully saturated rings. The number of nitrogens with zero attached hydrogens (tertiary/aromatic N) is 2. The number of hydrogen-bond donors (Lipinski definition) is 1. The highest BCUT2D eigenvalue weighted by Crippen LogP contribution is 2.27. The lowest BCUT2D eigenvalue weighted by atomic mass is 10.7. The lowest BCUT2D eigenvalue weighted by Crippen LogP contribution is -2.11. The van der Waals surface area contributed by atoms with E-state index in [4.69, 9.17) is 0 Å². The van der Waals surface area contributed by atoms with Gasteiger partial charge in [-0.25, -0.2) is 8.42 Å². The summed E-state index contributed by atoms with van der Waals surface area (Å²) >= 11 is 5.47. The number of halogens is 1. The summed E-state index contributed by atoms with van der Waals surface area (Å²) in [6, 6.07) is 3.21. The van der Waals surface area contributed by atoms with Crippen molar-refractivity contribution in [3.05, 3.63) is 21.4 Å². The fraction of sp³-hybridized carbons (Fsp3) is 0. The van der Waals surface area contributed by atoms with Crippen LogP contribution in [0, 0.1) is 0 Å². The highest BCUT2D eigenvalue weighted by molar-refractivity contribution is 9.11. The van der Waals surface area contributed by atoms with E-state index in [0.29, 0.717) is 0 Å². The molecule has 2 heterocycles. The van der Waals surface area contributed by atoms with Crippen molar-refractivity contribution in [3.8, 4) is 0 Å². The molecule has 15 heavy (non-hydrogen) atoms. The molecule has 2 rings (SSSR count). The Bertz CT molecular complexity index is 548. The second-order valence-corrected chi connectivity index (χ2v) is 7.61. The van der Waals surface area contributed by atoms with E-state index in [9.17, 15) is 8.42 Å². The number of nitrogens with one attached hydrogen (secondary N) is 1. The first kappa shape index (κ1) is 11.0. The summed E-state index contributed by atoms with van der Waals surface area (Å²) in [6.07, 6.45) is 0. The van der Waals surface area contributed by atoms with Gasteiger partial charge in [-0.1, -0.05) is 11.3 Å². The van der Waals surface area contributed by atoms with Crippen LogP contribution in [-0.4, -0.2) is 18.6 Å². The van der Waals surface area contributed by atoms with Crippen LogP contribution in [0.25, 0.3) is 0 Å². The largest absolute Gasteiger partial charge is 0.273 e. The van der Waals surface area contributed by atoms with Crippen LogP contribution in [-0.2, 0) is 10.0 Å². The predicted octanol–water partition coefficient (Wildman–Crippen LogP) is 2.16. The molecule has 9 heteroatoms. The molecule has 5 nitrogen and oxygen atoms in total. The normalized spacial score (nSPS) is 11.5. The Morgan fingerprint density at radius 2 is 2.20 bits per heavy atom. The number of anilines is 1. The van der Waals surface area contributed by atoms with Crippen LogP contribution in [0.2, 0.25) is 0 Å². The molecular weight excluding hydrogens is 322 g/mol. The molecule has 2 aromatic rings. The van der Waals surface area contributed by atoms with Gasteiger partial charge >= 0.3 is 0 Å². The lowest BCUT2D eigenvalue weighted by Gasteiger charge is -2.00. The van der Waals surface area contributed by atoms with Gasteiger partial charge in [0.2, 0.25) is 5.13 Å². The first-order valence-electron chi connectivity index (χ1n) is 3.62. The minimum absolute atomic E-state index is 0.240. The van der Waals surface area contributed by atoms with Gasteiger partial charge < -0.3 is 0 Å². The summed E-state index contributed by atoms with van der Waals surface area (Å²) < 4.78 is 26.8. The van der Waals surface area contributed by atoms with E-state index in [-0.39, 0.29) is 9.34 Å². The van der Waals surface area contributed by atoms with Crippen LogP contribution < -0.4 is 4.72 Å². The maximum absolute atomic E-state index is 11.7. The summed E-state index contributed by atoms with van der Waals surface area (Å²) in [6.45, 7) is 0. The van der Waals surface area contributed by atoms with Crippen molar-refractivity contribution in [1.29, 1.82) is 0 Å². The summed E-state index contributed by atoms with van der Waals surface area (Å²) in [5.74, 6) is 0. The van der Waals surface area contributed by atoms with Crippen molar-refractivity contribution < 1.29 is 8.42 Å². The Balaban J connectivity index is 2.28. The average Bonchev–Trinajstić information content (AvgIpc) is 2.75. The van der Waals surface area contributed by atoms with Gasteiger partial charge in [0, 0.05) is 0 Å². The van der Waals surface area contributed by atoms with Gasteiger partial charge in [0.15, 0.2) is 0 Å². The molecule has 0 saturated heterocycles. The van der Waals surface area contributed by atoms with Crippen LogP contribution in [0.1, 0.15) is 0 Å². The molecule has 0 spiro atoms. The molecule has 0 aliphatic rings. The maximum Gasteiger partial charge on any atom is 0.273 e. The van der Waals surface area contributed by atoms with Crippen molar-refractivity contribution in [1.82, 2.24) is 10.2 Å². The third-order valence-electron chi connectivity index (χ3n) is 1.40. The van der Waals surface area contributed by atoms with E-state index < -0.39 is 10.0 Å². The standard InChI is InChI=1S/C6H4BrN3O2S3/c7-4-1-2-5(14-4)15(11,12)10-6-9-8-3-13-6/h1-3H,(H,9,10). The molecule has 0 aliphatic heterocycles. The van der Waals surface area contributed by atoms with Crippen LogP contribution in [0.5, 0.6) is 0 Å². The smallest absolute Gasteiger partial charge is 0.253 e. The number of hydrogen-bond acceptors (Lipinski definition) is 6. The number of sulfonamides is 1. The third-order valence-corrected chi connectivity index (χ3v) is 5.59. The van der Waals surface area contributed by atoms with Crippen molar-refractivity contribution >= 4 is 53.8 Å². The van der Waals surface area contributed by atoms with Gasteiger partial charge in [-0.3, -0.25) is 4.72 Å². The molecule has 0 aromatic carbocycles. The van der Waals surface area contributed by atoms with Gasteiger partial charge in [-0.15, -0.1) is 21.5 Å². The maximum atomic E-state index is 11.7. The first-order chi connectivity index (χ1) is 7.08. The molecule has 0 radical (unpaired) electrons. The average molecular weight is 326 g/mol. The van der Waals surface area contributed by atoms with Crippen molar-refractivity contribution in [3.63, 3.8) is 0 Å². The minimum atomic E-state index is -3.52. The van der Waals surface area contributed by atoms with Gasteiger partial charge in [-0.05, 0) is 28.1 Å². The highest BCUT2D eigenvalue weighted by Gasteiger charge is 2.17. The van der Waals surface area contributed by atoms with Crippen LogP contribution in [0.4, 0.5) is 5.13 Å². The SMILES string of the molecule is O=S(=O)(Nc1nncs1)c1ccc(Br)s1. The quantitative estimate of drug-likeness (QED) is 0.938. The predicted molar refractivity (Wildman–Crippen MR) is 62.7 cm³/mol. The molecule has 0 bridgehead atoms. The van der Waals surface area contributed by atoms with Crippen LogP contribution in [0.3, 0.4) is 0 Å². The van der Waals surface area contributed by atoms with E-state index >= 15 is 0 Å². The third kappa shape index (κ3) is 2.54. The highest BCUT2D eigenvalue weighted by atomic mass is 79.9. The Hall–Kier alpha value is -0.510. The molecule has 80 valence electrons. The number of thiophene rings is 1. The van der Waals surface area contributed by atoms with Crippen LogP contribution >= 0.6 is 38.6 Å². The Kier molecular flexibility index (Phi) is 3.05. The van der Waals surface area contributed by atoms with E-state index in [0.717, 1.165) is 26.5 Å². The van der Waals surface area contributed by atoms with E-state index in [1.54, 1.807) is 6.07 Å². The fourth-order valence-corrected chi connectivity index (χ4v) is 4.53.